The molecule has 5 nitrogen and oxygen atoms in total. The van der Waals surface area contributed by atoms with Gasteiger partial charge in [0, 0.05) is 17.2 Å². The summed E-state index contributed by atoms with van der Waals surface area (Å²) in [4.78, 5) is 22.3. The zero-order chi connectivity index (χ0) is 14.7. The number of benzene rings is 2. The van der Waals surface area contributed by atoms with Crippen LogP contribution in [0.5, 0.6) is 0 Å². The van der Waals surface area contributed by atoms with Crippen molar-refractivity contribution in [2.75, 3.05) is 5.32 Å². The third-order valence-electron chi connectivity index (χ3n) is 2.87. The molecule has 0 saturated carbocycles. The minimum absolute atomic E-state index is 0.0309. The van der Waals surface area contributed by atoms with E-state index in [9.17, 15) is 19.3 Å². The standard InChI is InChI=1S/C14H11FN2O3/c1-9-10(5-4-8-13(9)17(19)20)14(18)16-12-7-3-2-6-11(12)15/h2-8H,1H3,(H,16,18). The lowest BCUT2D eigenvalue weighted by Gasteiger charge is -2.08. The summed E-state index contributed by atoms with van der Waals surface area (Å²) in [5, 5.41) is 13.2. The zero-order valence-electron chi connectivity index (χ0n) is 10.6. The topological polar surface area (TPSA) is 72.2 Å². The van der Waals surface area contributed by atoms with Crippen molar-refractivity contribution < 1.29 is 14.1 Å². The van der Waals surface area contributed by atoms with Crippen LogP contribution >= 0.6 is 0 Å². The first-order valence-electron chi connectivity index (χ1n) is 5.80. The number of rotatable bonds is 3. The summed E-state index contributed by atoms with van der Waals surface area (Å²) in [6, 6.07) is 9.91. The average Bonchev–Trinajstić information content (AvgIpc) is 2.41. The predicted octanol–water partition coefficient (Wildman–Crippen LogP) is 3.29. The Balaban J connectivity index is 2.33. The summed E-state index contributed by atoms with van der Waals surface area (Å²) in [6.07, 6.45) is 0. The molecule has 2 aromatic carbocycles. The Morgan fingerprint density at radius 2 is 1.90 bits per heavy atom. The van der Waals surface area contributed by atoms with Gasteiger partial charge in [0.2, 0.25) is 0 Å². The van der Waals surface area contributed by atoms with E-state index in [0.717, 1.165) is 0 Å². The highest BCUT2D eigenvalue weighted by Crippen LogP contribution is 2.22. The number of nitro groups is 1. The number of carbonyl (C=O) groups is 1. The lowest BCUT2D eigenvalue weighted by Crippen LogP contribution is -2.15. The van der Waals surface area contributed by atoms with E-state index in [1.165, 1.54) is 43.3 Å². The van der Waals surface area contributed by atoms with Crippen molar-refractivity contribution in [2.45, 2.75) is 6.92 Å². The fourth-order valence-electron chi connectivity index (χ4n) is 1.82. The van der Waals surface area contributed by atoms with Crippen molar-refractivity contribution in [3.8, 4) is 0 Å². The van der Waals surface area contributed by atoms with Crippen LogP contribution in [-0.4, -0.2) is 10.8 Å². The average molecular weight is 274 g/mol. The van der Waals surface area contributed by atoms with E-state index >= 15 is 0 Å². The molecule has 1 amide bonds. The first-order valence-corrected chi connectivity index (χ1v) is 5.80. The van der Waals surface area contributed by atoms with Crippen LogP contribution in [0.2, 0.25) is 0 Å². The second kappa shape index (κ2) is 5.48. The molecule has 0 radical (unpaired) electrons. The third kappa shape index (κ3) is 2.64. The number of para-hydroxylation sites is 1. The Hall–Kier alpha value is -2.76. The zero-order valence-corrected chi connectivity index (χ0v) is 10.6. The molecule has 0 aliphatic carbocycles. The van der Waals surface area contributed by atoms with Crippen LogP contribution in [0.3, 0.4) is 0 Å². The molecule has 0 bridgehead atoms. The van der Waals surface area contributed by atoms with Gasteiger partial charge in [-0.25, -0.2) is 4.39 Å². The molecule has 2 aromatic rings. The Morgan fingerprint density at radius 1 is 1.20 bits per heavy atom. The van der Waals surface area contributed by atoms with Gasteiger partial charge in [-0.05, 0) is 25.1 Å². The largest absolute Gasteiger partial charge is 0.319 e. The molecule has 1 N–H and O–H groups in total. The van der Waals surface area contributed by atoms with Gasteiger partial charge in [0.15, 0.2) is 0 Å². The van der Waals surface area contributed by atoms with E-state index in [4.69, 9.17) is 0 Å². The number of hydrogen-bond donors (Lipinski definition) is 1. The van der Waals surface area contributed by atoms with Crippen molar-refractivity contribution in [3.63, 3.8) is 0 Å². The first kappa shape index (κ1) is 13.7. The molecule has 0 aromatic heterocycles. The van der Waals surface area contributed by atoms with Gasteiger partial charge in [0.05, 0.1) is 10.6 Å². The monoisotopic (exact) mass is 274 g/mol. The third-order valence-corrected chi connectivity index (χ3v) is 2.87. The molecule has 6 heteroatoms. The molecule has 0 unspecified atom stereocenters. The number of anilines is 1. The Bertz CT molecular complexity index is 686. The predicted molar refractivity (Wildman–Crippen MR) is 72.2 cm³/mol. The van der Waals surface area contributed by atoms with Crippen LogP contribution in [-0.2, 0) is 0 Å². The molecular weight excluding hydrogens is 263 g/mol. The number of hydrogen-bond acceptors (Lipinski definition) is 3. The smallest absolute Gasteiger partial charge is 0.273 e. The minimum Gasteiger partial charge on any atom is -0.319 e. The molecular formula is C14H11FN2O3. The number of nitro benzene ring substituents is 1. The highest BCUT2D eigenvalue weighted by Gasteiger charge is 2.18. The van der Waals surface area contributed by atoms with E-state index in [2.05, 4.69) is 5.32 Å². The van der Waals surface area contributed by atoms with E-state index in [1.807, 2.05) is 0 Å². The van der Waals surface area contributed by atoms with Crippen LogP contribution in [0, 0.1) is 22.9 Å². The molecule has 0 spiro atoms. The van der Waals surface area contributed by atoms with Gasteiger partial charge in [-0.3, -0.25) is 14.9 Å². The SMILES string of the molecule is Cc1c(C(=O)Nc2ccccc2F)cccc1[N+](=O)[O-]. The van der Waals surface area contributed by atoms with Crippen LogP contribution in [0.4, 0.5) is 15.8 Å². The van der Waals surface area contributed by atoms with Gasteiger partial charge in [0.1, 0.15) is 5.82 Å². The van der Waals surface area contributed by atoms with Crippen LogP contribution in [0.15, 0.2) is 42.5 Å². The lowest BCUT2D eigenvalue weighted by atomic mass is 10.1. The summed E-state index contributed by atoms with van der Waals surface area (Å²) >= 11 is 0. The number of carbonyl (C=O) groups excluding carboxylic acids is 1. The Labute approximate surface area is 114 Å². The van der Waals surface area contributed by atoms with Gasteiger partial charge in [0.25, 0.3) is 11.6 Å². The van der Waals surface area contributed by atoms with Crippen LogP contribution in [0.25, 0.3) is 0 Å². The molecule has 0 heterocycles. The second-order valence-electron chi connectivity index (χ2n) is 4.14. The fourth-order valence-corrected chi connectivity index (χ4v) is 1.82. The molecule has 0 fully saturated rings. The van der Waals surface area contributed by atoms with Gasteiger partial charge in [-0.2, -0.15) is 0 Å². The van der Waals surface area contributed by atoms with Gasteiger partial charge in [-0.1, -0.05) is 18.2 Å². The maximum atomic E-state index is 13.5. The molecule has 0 aliphatic rings. The molecule has 102 valence electrons. The summed E-state index contributed by atoms with van der Waals surface area (Å²) < 4.78 is 13.5. The van der Waals surface area contributed by atoms with Gasteiger partial charge in [-0.15, -0.1) is 0 Å². The van der Waals surface area contributed by atoms with Crippen LogP contribution < -0.4 is 5.32 Å². The molecule has 0 atom stereocenters. The highest BCUT2D eigenvalue weighted by molar-refractivity contribution is 6.05. The number of halogens is 1. The summed E-state index contributed by atoms with van der Waals surface area (Å²) in [5.41, 5.74) is 0.267. The van der Waals surface area contributed by atoms with E-state index < -0.39 is 16.6 Å². The second-order valence-corrected chi connectivity index (χ2v) is 4.14. The van der Waals surface area contributed by atoms with Crippen molar-refractivity contribution in [3.05, 3.63) is 69.5 Å². The fraction of sp³-hybridized carbons (Fsp3) is 0.0714. The quantitative estimate of drug-likeness (QED) is 0.689. The van der Waals surface area contributed by atoms with E-state index in [-0.39, 0.29) is 22.5 Å². The molecule has 2 rings (SSSR count). The Kier molecular flexibility index (Phi) is 3.74. The van der Waals surface area contributed by atoms with Gasteiger partial charge < -0.3 is 5.32 Å². The highest BCUT2D eigenvalue weighted by atomic mass is 19.1. The number of nitrogens with zero attached hydrogens (tertiary/aromatic N) is 1. The van der Waals surface area contributed by atoms with Crippen molar-refractivity contribution in [1.29, 1.82) is 0 Å². The Morgan fingerprint density at radius 3 is 2.55 bits per heavy atom. The molecule has 0 aliphatic heterocycles. The molecule has 0 saturated heterocycles. The van der Waals surface area contributed by atoms with E-state index in [0.29, 0.717) is 0 Å². The maximum absolute atomic E-state index is 13.5. The van der Waals surface area contributed by atoms with Crippen molar-refractivity contribution >= 4 is 17.3 Å². The van der Waals surface area contributed by atoms with Gasteiger partial charge >= 0.3 is 0 Å². The molecule has 20 heavy (non-hydrogen) atoms. The van der Waals surface area contributed by atoms with Crippen LogP contribution in [0.1, 0.15) is 15.9 Å². The minimum atomic E-state index is -0.587. The van der Waals surface area contributed by atoms with E-state index in [1.54, 1.807) is 6.07 Å². The summed E-state index contributed by atoms with van der Waals surface area (Å²) in [7, 11) is 0. The first-order chi connectivity index (χ1) is 9.50. The lowest BCUT2D eigenvalue weighted by molar-refractivity contribution is -0.385. The van der Waals surface area contributed by atoms with Crippen molar-refractivity contribution in [1.82, 2.24) is 0 Å². The normalized spacial score (nSPS) is 10.1. The summed E-state index contributed by atoms with van der Waals surface area (Å²) in [6.45, 7) is 1.48. The number of nitrogens with one attached hydrogen (secondary N) is 1. The maximum Gasteiger partial charge on any atom is 0.273 e. The van der Waals surface area contributed by atoms with Crippen molar-refractivity contribution in [2.24, 2.45) is 0 Å². The summed E-state index contributed by atoms with van der Waals surface area (Å²) in [5.74, 6) is -1.15. The number of amides is 1.